The minimum atomic E-state index is -0.307. The first-order valence-electron chi connectivity index (χ1n) is 8.59. The average molecular weight is 357 g/mol. The number of carbonyl (C=O) groups is 1. The van der Waals surface area contributed by atoms with Gasteiger partial charge in [0.1, 0.15) is 0 Å². The number of ether oxygens (including phenoxy) is 2. The van der Waals surface area contributed by atoms with E-state index in [1.165, 1.54) is 12.8 Å². The molecule has 2 rings (SSSR count). The highest BCUT2D eigenvalue weighted by Crippen LogP contribution is 2.27. The molecule has 1 aromatic heterocycles. The normalized spacial score (nSPS) is 11.2. The Kier molecular flexibility index (Phi) is 6.44. The number of benzene rings is 1. The molecule has 0 aliphatic rings. The number of amides is 1. The Balaban J connectivity index is 2.10. The van der Waals surface area contributed by atoms with Gasteiger partial charge in [-0.3, -0.25) is 4.79 Å². The molecule has 0 aliphatic carbocycles. The second-order valence-corrected chi connectivity index (χ2v) is 6.60. The molecule has 0 spiro atoms. The molecule has 6 nitrogen and oxygen atoms in total. The Hall–Kier alpha value is -2.76. The number of nitrogens with zero attached hydrogens (tertiary/aromatic N) is 2. The number of hydrogen-bond donors (Lipinski definition) is 1. The number of hydrazone groups is 1. The highest BCUT2D eigenvalue weighted by atomic mass is 16.5. The molecule has 0 radical (unpaired) electrons. The summed E-state index contributed by atoms with van der Waals surface area (Å²) in [5.41, 5.74) is 6.33. The molecule has 0 saturated heterocycles. The summed E-state index contributed by atoms with van der Waals surface area (Å²) in [5.74, 6) is 1.33. The first kappa shape index (κ1) is 19.6. The van der Waals surface area contributed by atoms with Crippen LogP contribution in [0.3, 0.4) is 0 Å². The maximum absolute atomic E-state index is 12.3. The van der Waals surface area contributed by atoms with Crippen LogP contribution in [0.15, 0.2) is 29.4 Å². The lowest BCUT2D eigenvalue weighted by atomic mass is 10.2. The highest BCUT2D eigenvalue weighted by Gasteiger charge is 2.11. The number of hydrogen-bond acceptors (Lipinski definition) is 4. The Morgan fingerprint density at radius 2 is 1.88 bits per heavy atom. The first-order valence-corrected chi connectivity index (χ1v) is 8.59. The number of nitrogens with one attached hydrogen (secondary N) is 1. The molecule has 0 aliphatic heterocycles. The summed E-state index contributed by atoms with van der Waals surface area (Å²) in [6.45, 7) is 9.48. The summed E-state index contributed by atoms with van der Waals surface area (Å²) < 4.78 is 12.7. The molecule has 1 aromatic carbocycles. The molecule has 1 N–H and O–H groups in total. The first-order chi connectivity index (χ1) is 12.4. The molecule has 0 bridgehead atoms. The van der Waals surface area contributed by atoms with Crippen molar-refractivity contribution in [2.45, 2.75) is 34.2 Å². The molecule has 2 aromatic rings. The molecule has 6 heteroatoms. The monoisotopic (exact) mass is 357 g/mol. The summed E-state index contributed by atoms with van der Waals surface area (Å²) in [7, 11) is 3.09. The van der Waals surface area contributed by atoms with E-state index < -0.39 is 0 Å². The fraction of sp³-hybridized carbons (Fsp3) is 0.400. The van der Waals surface area contributed by atoms with Crippen molar-refractivity contribution < 1.29 is 14.3 Å². The number of aromatic nitrogens is 1. The van der Waals surface area contributed by atoms with Crippen molar-refractivity contribution >= 4 is 12.1 Å². The van der Waals surface area contributed by atoms with Gasteiger partial charge in [-0.1, -0.05) is 13.8 Å². The molecule has 140 valence electrons. The number of aryl methyl sites for hydroxylation is 1. The third kappa shape index (κ3) is 4.45. The van der Waals surface area contributed by atoms with Gasteiger partial charge in [0.25, 0.3) is 5.91 Å². The van der Waals surface area contributed by atoms with E-state index in [0.717, 1.165) is 17.8 Å². The van der Waals surface area contributed by atoms with Gasteiger partial charge in [-0.05, 0) is 44.0 Å². The summed E-state index contributed by atoms with van der Waals surface area (Å²) in [6.07, 6.45) is 1.68. The Labute approximate surface area is 154 Å². The van der Waals surface area contributed by atoms with Gasteiger partial charge < -0.3 is 14.0 Å². The molecule has 0 fully saturated rings. The number of carbonyl (C=O) groups excluding carboxylic acids is 1. The zero-order valence-corrected chi connectivity index (χ0v) is 16.3. The van der Waals surface area contributed by atoms with Crippen molar-refractivity contribution in [1.29, 1.82) is 0 Å². The van der Waals surface area contributed by atoms with E-state index in [2.05, 4.69) is 48.9 Å². The lowest BCUT2D eigenvalue weighted by Gasteiger charge is -2.11. The van der Waals surface area contributed by atoms with Crippen LogP contribution in [0.1, 0.15) is 41.2 Å². The minimum absolute atomic E-state index is 0.307. The smallest absolute Gasteiger partial charge is 0.271 e. The SMILES string of the molecule is COc1ccc(C(=O)N/N=C\c2cc(C)n(CC(C)C)c2C)cc1OC. The van der Waals surface area contributed by atoms with E-state index in [9.17, 15) is 4.79 Å². The molecule has 0 saturated carbocycles. The van der Waals surface area contributed by atoms with Crippen LogP contribution in [0.5, 0.6) is 11.5 Å². The Morgan fingerprint density at radius 1 is 1.19 bits per heavy atom. The van der Waals surface area contributed by atoms with Crippen molar-refractivity contribution in [3.05, 3.63) is 46.8 Å². The third-order valence-electron chi connectivity index (χ3n) is 4.18. The predicted molar refractivity (Wildman–Crippen MR) is 103 cm³/mol. The summed E-state index contributed by atoms with van der Waals surface area (Å²) >= 11 is 0. The van der Waals surface area contributed by atoms with Gasteiger partial charge in [-0.2, -0.15) is 5.10 Å². The molecule has 26 heavy (non-hydrogen) atoms. The van der Waals surface area contributed by atoms with Gasteiger partial charge in [0.05, 0.1) is 20.4 Å². The summed E-state index contributed by atoms with van der Waals surface area (Å²) in [4.78, 5) is 12.3. The van der Waals surface area contributed by atoms with E-state index in [1.54, 1.807) is 31.5 Å². The maximum atomic E-state index is 12.3. The van der Waals surface area contributed by atoms with Crippen LogP contribution in [-0.2, 0) is 6.54 Å². The molecular weight excluding hydrogens is 330 g/mol. The van der Waals surface area contributed by atoms with Gasteiger partial charge in [-0.15, -0.1) is 0 Å². The van der Waals surface area contributed by atoms with Crippen molar-refractivity contribution in [1.82, 2.24) is 9.99 Å². The van der Waals surface area contributed by atoms with Crippen LogP contribution in [-0.4, -0.2) is 30.9 Å². The standard InChI is InChI=1S/C20H27N3O3/c1-13(2)12-23-14(3)9-17(15(23)4)11-21-22-20(24)16-7-8-18(25-5)19(10-16)26-6/h7-11,13H,12H2,1-6H3,(H,22,24)/b21-11-. The maximum Gasteiger partial charge on any atom is 0.271 e. The summed E-state index contributed by atoms with van der Waals surface area (Å²) in [6, 6.07) is 7.06. The van der Waals surface area contributed by atoms with Gasteiger partial charge in [-0.25, -0.2) is 5.43 Å². The second-order valence-electron chi connectivity index (χ2n) is 6.60. The van der Waals surface area contributed by atoms with E-state index in [0.29, 0.717) is 23.0 Å². The summed E-state index contributed by atoms with van der Waals surface area (Å²) in [5, 5.41) is 4.10. The zero-order valence-electron chi connectivity index (χ0n) is 16.3. The largest absolute Gasteiger partial charge is 0.493 e. The Bertz CT molecular complexity index is 807. The minimum Gasteiger partial charge on any atom is -0.493 e. The topological polar surface area (TPSA) is 64.8 Å². The van der Waals surface area contributed by atoms with Gasteiger partial charge in [0.15, 0.2) is 11.5 Å². The second kappa shape index (κ2) is 8.56. The van der Waals surface area contributed by atoms with E-state index in [1.807, 2.05) is 0 Å². The lowest BCUT2D eigenvalue weighted by molar-refractivity contribution is 0.0954. The Morgan fingerprint density at radius 3 is 2.50 bits per heavy atom. The fourth-order valence-electron chi connectivity index (χ4n) is 2.81. The van der Waals surface area contributed by atoms with Crippen LogP contribution < -0.4 is 14.9 Å². The fourth-order valence-corrected chi connectivity index (χ4v) is 2.81. The van der Waals surface area contributed by atoms with Gasteiger partial charge in [0, 0.05) is 29.1 Å². The number of methoxy groups -OCH3 is 2. The quantitative estimate of drug-likeness (QED) is 0.609. The van der Waals surface area contributed by atoms with Gasteiger partial charge >= 0.3 is 0 Å². The predicted octanol–water partition coefficient (Wildman–Crippen LogP) is 3.54. The van der Waals surface area contributed by atoms with Gasteiger partial charge in [0.2, 0.25) is 0 Å². The molecule has 0 atom stereocenters. The van der Waals surface area contributed by atoms with Crippen LogP contribution >= 0.6 is 0 Å². The molecule has 1 heterocycles. The molecular formula is C20H27N3O3. The lowest BCUT2D eigenvalue weighted by Crippen LogP contribution is -2.17. The van der Waals surface area contributed by atoms with E-state index >= 15 is 0 Å². The van der Waals surface area contributed by atoms with Crippen molar-refractivity contribution in [2.24, 2.45) is 11.0 Å². The third-order valence-corrected chi connectivity index (χ3v) is 4.18. The van der Waals surface area contributed by atoms with Crippen molar-refractivity contribution in [2.75, 3.05) is 14.2 Å². The van der Waals surface area contributed by atoms with Crippen LogP contribution in [0.4, 0.5) is 0 Å². The highest BCUT2D eigenvalue weighted by molar-refractivity contribution is 5.95. The average Bonchev–Trinajstić information content (AvgIpc) is 2.88. The van der Waals surface area contributed by atoms with Crippen LogP contribution in [0.2, 0.25) is 0 Å². The van der Waals surface area contributed by atoms with Crippen LogP contribution in [0.25, 0.3) is 0 Å². The van der Waals surface area contributed by atoms with Crippen molar-refractivity contribution in [3.63, 3.8) is 0 Å². The van der Waals surface area contributed by atoms with Crippen molar-refractivity contribution in [3.8, 4) is 11.5 Å². The van der Waals surface area contributed by atoms with E-state index in [-0.39, 0.29) is 5.91 Å². The van der Waals surface area contributed by atoms with E-state index in [4.69, 9.17) is 9.47 Å². The molecule has 0 unspecified atom stereocenters. The number of rotatable bonds is 7. The molecule has 1 amide bonds. The zero-order chi connectivity index (χ0) is 19.3. The van der Waals surface area contributed by atoms with Crippen LogP contribution in [0, 0.1) is 19.8 Å².